The maximum absolute atomic E-state index is 10.7. The highest BCUT2D eigenvalue weighted by atomic mass is 16.5. The van der Waals surface area contributed by atoms with E-state index in [0.29, 0.717) is 6.41 Å². The molecule has 0 aromatic rings. The van der Waals surface area contributed by atoms with Gasteiger partial charge in [0, 0.05) is 7.05 Å². The normalized spacial score (nSPS) is 13.4. The highest BCUT2D eigenvalue weighted by molar-refractivity contribution is 5.76. The number of hydrogen-bond donors (Lipinski definition) is 1. The van der Waals surface area contributed by atoms with Crippen molar-refractivity contribution in [3.63, 3.8) is 0 Å². The molecule has 82 valence electrons. The second kappa shape index (κ2) is 4.95. The molecule has 0 bridgehead atoms. The SMILES string of the molecule is CN(C=O)C(COC(C)(C)C)C(=O)O. The quantitative estimate of drug-likeness (QED) is 0.654. The van der Waals surface area contributed by atoms with Gasteiger partial charge >= 0.3 is 5.97 Å². The number of rotatable bonds is 5. The van der Waals surface area contributed by atoms with E-state index in [1.54, 1.807) is 0 Å². The predicted molar refractivity (Wildman–Crippen MR) is 51.0 cm³/mol. The molecule has 1 N–H and O–H groups in total. The van der Waals surface area contributed by atoms with Crippen molar-refractivity contribution in [3.05, 3.63) is 0 Å². The summed E-state index contributed by atoms with van der Waals surface area (Å²) in [5, 5.41) is 8.79. The Morgan fingerprint density at radius 1 is 1.57 bits per heavy atom. The third-order valence-electron chi connectivity index (χ3n) is 1.62. The molecule has 1 amide bonds. The van der Waals surface area contributed by atoms with Crippen LogP contribution in [0.25, 0.3) is 0 Å². The minimum Gasteiger partial charge on any atom is -0.480 e. The van der Waals surface area contributed by atoms with Gasteiger partial charge in [-0.25, -0.2) is 4.79 Å². The first kappa shape index (κ1) is 12.9. The summed E-state index contributed by atoms with van der Waals surface area (Å²) in [6, 6.07) is -0.924. The number of ether oxygens (including phenoxy) is 1. The summed E-state index contributed by atoms with van der Waals surface area (Å²) in [5.74, 6) is -1.07. The lowest BCUT2D eigenvalue weighted by Crippen LogP contribution is -2.43. The Labute approximate surface area is 83.6 Å². The maximum atomic E-state index is 10.7. The van der Waals surface area contributed by atoms with Crippen LogP contribution in [-0.4, -0.2) is 47.7 Å². The highest BCUT2D eigenvalue weighted by Gasteiger charge is 2.24. The summed E-state index contributed by atoms with van der Waals surface area (Å²) in [6.07, 6.45) is 0.477. The molecule has 0 heterocycles. The van der Waals surface area contributed by atoms with Crippen molar-refractivity contribution in [2.45, 2.75) is 32.4 Å². The zero-order chi connectivity index (χ0) is 11.4. The summed E-state index contributed by atoms with van der Waals surface area (Å²) in [5.41, 5.74) is -0.405. The molecule has 5 nitrogen and oxygen atoms in total. The minimum atomic E-state index is -1.07. The number of likely N-dealkylation sites (N-methyl/N-ethyl adjacent to an activating group) is 1. The second-order valence-corrected chi connectivity index (χ2v) is 4.05. The Morgan fingerprint density at radius 2 is 2.07 bits per heavy atom. The molecule has 0 radical (unpaired) electrons. The molecular formula is C9H17NO4. The van der Waals surface area contributed by atoms with Gasteiger partial charge in [-0.15, -0.1) is 0 Å². The van der Waals surface area contributed by atoms with E-state index in [-0.39, 0.29) is 6.61 Å². The van der Waals surface area contributed by atoms with Gasteiger partial charge in [-0.1, -0.05) is 0 Å². The predicted octanol–water partition coefficient (Wildman–Crippen LogP) is 0.343. The van der Waals surface area contributed by atoms with Gasteiger partial charge in [0.25, 0.3) is 0 Å². The number of carbonyl (C=O) groups excluding carboxylic acids is 1. The number of nitrogens with zero attached hydrogens (tertiary/aromatic N) is 1. The Balaban J connectivity index is 4.25. The van der Waals surface area contributed by atoms with Crippen molar-refractivity contribution < 1.29 is 19.4 Å². The van der Waals surface area contributed by atoms with E-state index >= 15 is 0 Å². The van der Waals surface area contributed by atoms with Crippen LogP contribution in [0.5, 0.6) is 0 Å². The average Bonchev–Trinajstić information content (AvgIpc) is 2.01. The number of carbonyl (C=O) groups is 2. The standard InChI is InChI=1S/C9H17NO4/c1-9(2,3)14-5-7(8(12)13)10(4)6-11/h6-7H,5H2,1-4H3,(H,12,13). The highest BCUT2D eigenvalue weighted by Crippen LogP contribution is 2.08. The average molecular weight is 203 g/mol. The molecule has 1 atom stereocenters. The lowest BCUT2D eigenvalue weighted by Gasteiger charge is -2.25. The molecule has 0 rings (SSSR count). The van der Waals surface area contributed by atoms with Crippen LogP contribution in [0, 0.1) is 0 Å². The zero-order valence-electron chi connectivity index (χ0n) is 8.98. The van der Waals surface area contributed by atoms with Crippen molar-refractivity contribution in [1.29, 1.82) is 0 Å². The number of hydrogen-bond acceptors (Lipinski definition) is 3. The molecule has 0 aromatic heterocycles. The summed E-state index contributed by atoms with van der Waals surface area (Å²) < 4.78 is 5.29. The Hall–Kier alpha value is -1.10. The molecule has 0 aliphatic rings. The van der Waals surface area contributed by atoms with E-state index in [1.807, 2.05) is 20.8 Å². The first-order valence-electron chi connectivity index (χ1n) is 4.32. The first-order chi connectivity index (χ1) is 6.28. The number of amides is 1. The van der Waals surface area contributed by atoms with Crippen LogP contribution >= 0.6 is 0 Å². The topological polar surface area (TPSA) is 66.8 Å². The molecule has 0 aliphatic heterocycles. The van der Waals surface area contributed by atoms with Crippen molar-refractivity contribution in [2.75, 3.05) is 13.7 Å². The summed E-state index contributed by atoms with van der Waals surface area (Å²) in [7, 11) is 1.41. The van der Waals surface area contributed by atoms with E-state index < -0.39 is 17.6 Å². The van der Waals surface area contributed by atoms with Crippen molar-refractivity contribution in [1.82, 2.24) is 4.90 Å². The van der Waals surface area contributed by atoms with E-state index in [0.717, 1.165) is 4.90 Å². The fourth-order valence-corrected chi connectivity index (χ4v) is 0.765. The van der Waals surface area contributed by atoms with Gasteiger partial charge in [0.15, 0.2) is 6.04 Å². The first-order valence-corrected chi connectivity index (χ1v) is 4.32. The van der Waals surface area contributed by atoms with Gasteiger partial charge in [-0.3, -0.25) is 4.79 Å². The maximum Gasteiger partial charge on any atom is 0.328 e. The Bertz CT molecular complexity index is 209. The van der Waals surface area contributed by atoms with Crippen LogP contribution in [0.3, 0.4) is 0 Å². The molecular weight excluding hydrogens is 186 g/mol. The molecule has 0 spiro atoms. The molecule has 0 saturated carbocycles. The zero-order valence-corrected chi connectivity index (χ0v) is 8.98. The van der Waals surface area contributed by atoms with Crippen LogP contribution in [0.15, 0.2) is 0 Å². The van der Waals surface area contributed by atoms with E-state index in [4.69, 9.17) is 9.84 Å². The monoisotopic (exact) mass is 203 g/mol. The van der Waals surface area contributed by atoms with Gasteiger partial charge in [-0.05, 0) is 20.8 Å². The van der Waals surface area contributed by atoms with Crippen molar-refractivity contribution >= 4 is 12.4 Å². The largest absolute Gasteiger partial charge is 0.480 e. The Morgan fingerprint density at radius 3 is 2.36 bits per heavy atom. The Kier molecular flexibility index (Phi) is 4.56. The van der Waals surface area contributed by atoms with Crippen LogP contribution in [0.4, 0.5) is 0 Å². The van der Waals surface area contributed by atoms with Crippen LogP contribution < -0.4 is 0 Å². The second-order valence-electron chi connectivity index (χ2n) is 4.05. The van der Waals surface area contributed by atoms with Crippen LogP contribution in [0.2, 0.25) is 0 Å². The smallest absolute Gasteiger partial charge is 0.328 e. The van der Waals surface area contributed by atoms with Crippen molar-refractivity contribution in [3.8, 4) is 0 Å². The number of carboxylic acids is 1. The lowest BCUT2D eigenvalue weighted by molar-refractivity contribution is -0.150. The van der Waals surface area contributed by atoms with Gasteiger partial charge < -0.3 is 14.7 Å². The third kappa shape index (κ3) is 4.81. The van der Waals surface area contributed by atoms with Gasteiger partial charge in [0.2, 0.25) is 6.41 Å². The molecule has 0 aliphatic carbocycles. The fraction of sp³-hybridized carbons (Fsp3) is 0.778. The molecule has 1 unspecified atom stereocenters. The molecule has 14 heavy (non-hydrogen) atoms. The summed E-state index contributed by atoms with van der Waals surface area (Å²) in [6.45, 7) is 5.47. The molecule has 5 heteroatoms. The third-order valence-corrected chi connectivity index (χ3v) is 1.62. The van der Waals surface area contributed by atoms with Crippen LogP contribution in [0.1, 0.15) is 20.8 Å². The summed E-state index contributed by atoms with van der Waals surface area (Å²) >= 11 is 0. The fourth-order valence-electron chi connectivity index (χ4n) is 0.765. The van der Waals surface area contributed by atoms with Crippen LogP contribution in [-0.2, 0) is 14.3 Å². The molecule has 0 aromatic carbocycles. The molecule has 0 fully saturated rings. The van der Waals surface area contributed by atoms with Gasteiger partial charge in [0.1, 0.15) is 0 Å². The van der Waals surface area contributed by atoms with E-state index in [9.17, 15) is 9.59 Å². The lowest BCUT2D eigenvalue weighted by atomic mass is 10.2. The van der Waals surface area contributed by atoms with E-state index in [1.165, 1.54) is 7.05 Å². The number of carboxylic acid groups (broad SMARTS) is 1. The van der Waals surface area contributed by atoms with Gasteiger partial charge in [0.05, 0.1) is 12.2 Å². The summed E-state index contributed by atoms with van der Waals surface area (Å²) in [4.78, 5) is 22.2. The number of aliphatic carboxylic acids is 1. The molecule has 0 saturated heterocycles. The van der Waals surface area contributed by atoms with Gasteiger partial charge in [-0.2, -0.15) is 0 Å². The minimum absolute atomic E-state index is 0.00588. The van der Waals surface area contributed by atoms with E-state index in [2.05, 4.69) is 0 Å². The van der Waals surface area contributed by atoms with Crippen molar-refractivity contribution in [2.24, 2.45) is 0 Å².